The van der Waals surface area contributed by atoms with Gasteiger partial charge in [0.15, 0.2) is 0 Å². The average molecular weight is 282 g/mol. The number of aliphatic hydroxyl groups is 1. The highest BCUT2D eigenvalue weighted by atomic mass is 16.3. The first-order chi connectivity index (χ1) is 9.49. The van der Waals surface area contributed by atoms with E-state index in [9.17, 15) is 5.11 Å². The van der Waals surface area contributed by atoms with Crippen LogP contribution in [0.5, 0.6) is 0 Å². The Morgan fingerprint density at radius 2 is 1.85 bits per heavy atom. The molecule has 2 fully saturated rings. The molecule has 118 valence electrons. The summed E-state index contributed by atoms with van der Waals surface area (Å²) in [6.45, 7) is 5.74. The van der Waals surface area contributed by atoms with Crippen molar-refractivity contribution in [1.29, 1.82) is 0 Å². The molecule has 3 heteroatoms. The van der Waals surface area contributed by atoms with Crippen molar-refractivity contribution >= 4 is 0 Å². The molecule has 0 aromatic carbocycles. The molecule has 2 rings (SSSR count). The van der Waals surface area contributed by atoms with E-state index in [-0.39, 0.29) is 6.10 Å². The normalized spacial score (nSPS) is 39.5. The second-order valence-electron chi connectivity index (χ2n) is 7.60. The molecule has 5 atom stereocenters. The predicted octanol–water partition coefficient (Wildman–Crippen LogP) is 2.62. The summed E-state index contributed by atoms with van der Waals surface area (Å²) in [6.07, 6.45) is 8.18. The van der Waals surface area contributed by atoms with Crippen molar-refractivity contribution in [2.75, 3.05) is 13.6 Å². The fourth-order valence-corrected chi connectivity index (χ4v) is 4.25. The summed E-state index contributed by atoms with van der Waals surface area (Å²) in [5, 5.41) is 10.2. The van der Waals surface area contributed by atoms with Crippen LogP contribution in [0.2, 0.25) is 0 Å². The van der Waals surface area contributed by atoms with Crippen LogP contribution < -0.4 is 5.73 Å². The number of hydrogen-bond donors (Lipinski definition) is 2. The Morgan fingerprint density at radius 1 is 1.15 bits per heavy atom. The van der Waals surface area contributed by atoms with E-state index in [1.807, 2.05) is 0 Å². The first-order valence-corrected chi connectivity index (χ1v) is 8.63. The van der Waals surface area contributed by atoms with Gasteiger partial charge < -0.3 is 15.7 Å². The lowest BCUT2D eigenvalue weighted by molar-refractivity contribution is 0.0177. The molecule has 0 saturated heterocycles. The van der Waals surface area contributed by atoms with Gasteiger partial charge in [0.25, 0.3) is 0 Å². The molecule has 0 bridgehead atoms. The number of hydrogen-bond acceptors (Lipinski definition) is 3. The smallest absolute Gasteiger partial charge is 0.0695 e. The molecule has 3 nitrogen and oxygen atoms in total. The summed E-state index contributed by atoms with van der Waals surface area (Å²) in [5.41, 5.74) is 6.36. The van der Waals surface area contributed by atoms with Crippen molar-refractivity contribution in [3.8, 4) is 0 Å². The van der Waals surface area contributed by atoms with Crippen LogP contribution in [-0.4, -0.2) is 41.8 Å². The molecular weight excluding hydrogens is 248 g/mol. The largest absolute Gasteiger partial charge is 0.391 e. The zero-order valence-electron chi connectivity index (χ0n) is 13.6. The van der Waals surface area contributed by atoms with Gasteiger partial charge in [0.05, 0.1) is 6.10 Å². The van der Waals surface area contributed by atoms with Crippen molar-refractivity contribution < 1.29 is 5.11 Å². The molecule has 0 aliphatic heterocycles. The summed E-state index contributed by atoms with van der Waals surface area (Å²) in [6, 6.07) is 0.712. The van der Waals surface area contributed by atoms with E-state index >= 15 is 0 Å². The van der Waals surface area contributed by atoms with E-state index < -0.39 is 0 Å². The Kier molecular flexibility index (Phi) is 5.88. The minimum absolute atomic E-state index is 0.130. The molecule has 0 aromatic rings. The SMILES string of the molecule is CC(C)C1CCC(N)C(CN(C)C2CCCCC2O)C1. The minimum Gasteiger partial charge on any atom is -0.391 e. The molecule has 20 heavy (non-hydrogen) atoms. The minimum atomic E-state index is -0.130. The zero-order chi connectivity index (χ0) is 14.7. The Balaban J connectivity index is 1.89. The fraction of sp³-hybridized carbons (Fsp3) is 1.00. The van der Waals surface area contributed by atoms with Gasteiger partial charge in [-0.25, -0.2) is 0 Å². The van der Waals surface area contributed by atoms with Crippen LogP contribution in [0, 0.1) is 17.8 Å². The summed E-state index contributed by atoms with van der Waals surface area (Å²) in [5.74, 6) is 2.22. The van der Waals surface area contributed by atoms with Gasteiger partial charge in [-0.2, -0.15) is 0 Å². The lowest BCUT2D eigenvalue weighted by Crippen LogP contribution is -2.49. The highest BCUT2D eigenvalue weighted by molar-refractivity contribution is 4.88. The summed E-state index contributed by atoms with van der Waals surface area (Å²) in [4.78, 5) is 2.40. The summed E-state index contributed by atoms with van der Waals surface area (Å²) >= 11 is 0. The van der Waals surface area contributed by atoms with Crippen molar-refractivity contribution in [1.82, 2.24) is 4.90 Å². The van der Waals surface area contributed by atoms with E-state index in [1.165, 1.54) is 32.1 Å². The van der Waals surface area contributed by atoms with Crippen LogP contribution in [0.1, 0.15) is 58.8 Å². The molecule has 0 aromatic heterocycles. The maximum atomic E-state index is 10.2. The third-order valence-corrected chi connectivity index (χ3v) is 5.81. The van der Waals surface area contributed by atoms with E-state index in [0.29, 0.717) is 18.0 Å². The molecule has 5 unspecified atom stereocenters. The molecular formula is C17H34N2O. The van der Waals surface area contributed by atoms with Gasteiger partial charge in [0, 0.05) is 18.6 Å². The highest BCUT2D eigenvalue weighted by Crippen LogP contribution is 2.34. The second kappa shape index (κ2) is 7.24. The first kappa shape index (κ1) is 16.3. The molecule has 0 heterocycles. The van der Waals surface area contributed by atoms with Crippen LogP contribution in [0.15, 0.2) is 0 Å². The third-order valence-electron chi connectivity index (χ3n) is 5.81. The number of nitrogens with two attached hydrogens (primary N) is 1. The molecule has 0 spiro atoms. The summed E-state index contributed by atoms with van der Waals surface area (Å²) in [7, 11) is 2.19. The Labute approximate surface area is 124 Å². The van der Waals surface area contributed by atoms with Gasteiger partial charge in [-0.15, -0.1) is 0 Å². The average Bonchev–Trinajstić information content (AvgIpc) is 2.41. The molecule has 3 N–H and O–H groups in total. The Bertz CT molecular complexity index is 295. The summed E-state index contributed by atoms with van der Waals surface area (Å²) < 4.78 is 0. The van der Waals surface area contributed by atoms with Gasteiger partial charge in [0.1, 0.15) is 0 Å². The van der Waals surface area contributed by atoms with Crippen molar-refractivity contribution in [3.63, 3.8) is 0 Å². The molecule has 2 aliphatic carbocycles. The van der Waals surface area contributed by atoms with Crippen LogP contribution in [0.4, 0.5) is 0 Å². The van der Waals surface area contributed by atoms with Crippen LogP contribution in [0.3, 0.4) is 0 Å². The van der Waals surface area contributed by atoms with Gasteiger partial charge in [-0.05, 0) is 56.9 Å². The van der Waals surface area contributed by atoms with Gasteiger partial charge in [0.2, 0.25) is 0 Å². The molecule has 0 radical (unpaired) electrons. The first-order valence-electron chi connectivity index (χ1n) is 8.63. The van der Waals surface area contributed by atoms with Crippen LogP contribution in [-0.2, 0) is 0 Å². The second-order valence-corrected chi connectivity index (χ2v) is 7.60. The topological polar surface area (TPSA) is 49.5 Å². The van der Waals surface area contributed by atoms with Crippen LogP contribution >= 0.6 is 0 Å². The lowest BCUT2D eigenvalue weighted by atomic mass is 9.73. The monoisotopic (exact) mass is 282 g/mol. The van der Waals surface area contributed by atoms with Crippen molar-refractivity contribution in [2.45, 2.75) is 77.0 Å². The van der Waals surface area contributed by atoms with E-state index in [4.69, 9.17) is 5.73 Å². The number of aliphatic hydroxyl groups excluding tert-OH is 1. The number of rotatable bonds is 4. The fourth-order valence-electron chi connectivity index (χ4n) is 4.25. The Hall–Kier alpha value is -0.120. The van der Waals surface area contributed by atoms with E-state index in [1.54, 1.807) is 0 Å². The van der Waals surface area contributed by atoms with E-state index in [0.717, 1.165) is 31.2 Å². The number of nitrogens with zero attached hydrogens (tertiary/aromatic N) is 1. The molecule has 2 aliphatic rings. The highest BCUT2D eigenvalue weighted by Gasteiger charge is 2.33. The van der Waals surface area contributed by atoms with Gasteiger partial charge >= 0.3 is 0 Å². The maximum absolute atomic E-state index is 10.2. The third kappa shape index (κ3) is 3.96. The van der Waals surface area contributed by atoms with Crippen molar-refractivity contribution in [3.05, 3.63) is 0 Å². The van der Waals surface area contributed by atoms with Gasteiger partial charge in [-0.3, -0.25) is 0 Å². The molecule has 0 amide bonds. The lowest BCUT2D eigenvalue weighted by Gasteiger charge is -2.41. The quantitative estimate of drug-likeness (QED) is 0.833. The zero-order valence-corrected chi connectivity index (χ0v) is 13.6. The Morgan fingerprint density at radius 3 is 2.50 bits per heavy atom. The number of likely N-dealkylation sites (N-methyl/N-ethyl adjacent to an activating group) is 1. The standard InChI is InChI=1S/C17H34N2O/c1-12(2)13-8-9-15(18)14(10-13)11-19(3)16-6-4-5-7-17(16)20/h12-17,20H,4-11,18H2,1-3H3. The predicted molar refractivity (Wildman–Crippen MR) is 84.5 cm³/mol. The molecule has 2 saturated carbocycles. The van der Waals surface area contributed by atoms with E-state index in [2.05, 4.69) is 25.8 Å². The van der Waals surface area contributed by atoms with Gasteiger partial charge in [-0.1, -0.05) is 26.7 Å². The van der Waals surface area contributed by atoms with Crippen molar-refractivity contribution in [2.24, 2.45) is 23.5 Å². The van der Waals surface area contributed by atoms with Crippen LogP contribution in [0.25, 0.3) is 0 Å². The maximum Gasteiger partial charge on any atom is 0.0695 e.